The minimum atomic E-state index is 0.727. The van der Waals surface area contributed by atoms with Crippen molar-refractivity contribution in [2.24, 2.45) is 5.92 Å². The van der Waals surface area contributed by atoms with Crippen molar-refractivity contribution in [1.29, 1.82) is 0 Å². The van der Waals surface area contributed by atoms with E-state index < -0.39 is 0 Å². The summed E-state index contributed by atoms with van der Waals surface area (Å²) in [6, 6.07) is 2.39. The van der Waals surface area contributed by atoms with Gasteiger partial charge in [0, 0.05) is 18.1 Å². The molecule has 2 fully saturated rings. The van der Waals surface area contributed by atoms with Crippen molar-refractivity contribution in [1.82, 2.24) is 10.2 Å². The molecule has 0 saturated heterocycles. The highest BCUT2D eigenvalue weighted by atomic mass is 15.2. The van der Waals surface area contributed by atoms with Gasteiger partial charge in [-0.15, -0.1) is 0 Å². The van der Waals surface area contributed by atoms with Crippen LogP contribution in [0, 0.1) is 5.92 Å². The van der Waals surface area contributed by atoms with Gasteiger partial charge in [-0.2, -0.15) is 0 Å². The van der Waals surface area contributed by atoms with Gasteiger partial charge in [0.05, 0.1) is 0 Å². The minimum absolute atomic E-state index is 0.727. The molecule has 0 aliphatic heterocycles. The molecule has 2 rings (SSSR count). The van der Waals surface area contributed by atoms with E-state index in [1.54, 1.807) is 0 Å². The third-order valence-corrected chi connectivity index (χ3v) is 5.71. The Hall–Kier alpha value is -0.0800. The van der Waals surface area contributed by atoms with Crippen LogP contribution in [0.1, 0.15) is 71.6 Å². The Morgan fingerprint density at radius 3 is 2.32 bits per heavy atom. The molecule has 1 N–H and O–H groups in total. The number of hydrogen-bond donors (Lipinski definition) is 1. The summed E-state index contributed by atoms with van der Waals surface area (Å²) in [5, 5.41) is 3.61. The molecule has 19 heavy (non-hydrogen) atoms. The molecule has 2 heteroatoms. The number of nitrogens with one attached hydrogen (secondary N) is 1. The van der Waals surface area contributed by atoms with E-state index in [2.05, 4.69) is 31.1 Å². The van der Waals surface area contributed by atoms with Crippen molar-refractivity contribution >= 4 is 0 Å². The van der Waals surface area contributed by atoms with E-state index in [1.165, 1.54) is 64.3 Å². The van der Waals surface area contributed by atoms with Crippen LogP contribution >= 0.6 is 0 Å². The summed E-state index contributed by atoms with van der Waals surface area (Å²) in [5.41, 5.74) is 0. The molecule has 2 saturated carbocycles. The highest BCUT2D eigenvalue weighted by molar-refractivity contribution is 4.93. The van der Waals surface area contributed by atoms with Gasteiger partial charge in [-0.3, -0.25) is 4.90 Å². The van der Waals surface area contributed by atoms with E-state index in [0.717, 1.165) is 24.0 Å². The first-order chi connectivity index (χ1) is 9.30. The summed E-state index contributed by atoms with van der Waals surface area (Å²) in [5.74, 6) is 0.965. The predicted molar refractivity (Wildman–Crippen MR) is 83.5 cm³/mol. The van der Waals surface area contributed by atoms with Gasteiger partial charge >= 0.3 is 0 Å². The molecule has 2 aliphatic rings. The van der Waals surface area contributed by atoms with E-state index in [4.69, 9.17) is 0 Å². The van der Waals surface area contributed by atoms with Crippen molar-refractivity contribution in [3.05, 3.63) is 0 Å². The van der Waals surface area contributed by atoms with Crippen molar-refractivity contribution in [3.8, 4) is 0 Å². The van der Waals surface area contributed by atoms with Gasteiger partial charge in [0.1, 0.15) is 0 Å². The maximum Gasteiger partial charge on any atom is 0.0254 e. The SMILES string of the molecule is CCC1CCC(NC)C(N(CC)C2CCCCC2)C1. The van der Waals surface area contributed by atoms with Crippen LogP contribution in [0.4, 0.5) is 0 Å². The number of rotatable bonds is 5. The zero-order valence-corrected chi connectivity index (χ0v) is 13.3. The van der Waals surface area contributed by atoms with Gasteiger partial charge in [0.2, 0.25) is 0 Å². The first-order valence-corrected chi connectivity index (χ1v) is 8.73. The molecule has 0 radical (unpaired) electrons. The first-order valence-electron chi connectivity index (χ1n) is 8.73. The average molecular weight is 266 g/mol. The molecule has 3 atom stereocenters. The van der Waals surface area contributed by atoms with Crippen LogP contribution in [0.5, 0.6) is 0 Å². The van der Waals surface area contributed by atoms with Crippen LogP contribution in [0.3, 0.4) is 0 Å². The Morgan fingerprint density at radius 2 is 1.74 bits per heavy atom. The molecule has 0 bridgehead atoms. The lowest BCUT2D eigenvalue weighted by Gasteiger charge is -2.46. The zero-order chi connectivity index (χ0) is 13.7. The average Bonchev–Trinajstić information content (AvgIpc) is 2.49. The molecule has 0 aromatic rings. The fourth-order valence-corrected chi connectivity index (χ4v) is 4.48. The van der Waals surface area contributed by atoms with Crippen molar-refractivity contribution < 1.29 is 0 Å². The topological polar surface area (TPSA) is 15.3 Å². The molecule has 0 spiro atoms. The van der Waals surface area contributed by atoms with Crippen molar-refractivity contribution in [2.75, 3.05) is 13.6 Å². The molecule has 0 amide bonds. The zero-order valence-electron chi connectivity index (χ0n) is 13.3. The van der Waals surface area contributed by atoms with Crippen LogP contribution in [0.2, 0.25) is 0 Å². The Morgan fingerprint density at radius 1 is 1.00 bits per heavy atom. The summed E-state index contributed by atoms with van der Waals surface area (Å²) in [6.45, 7) is 5.99. The normalized spacial score (nSPS) is 33.8. The third-order valence-electron chi connectivity index (χ3n) is 5.71. The second-order valence-electron chi connectivity index (χ2n) is 6.67. The maximum absolute atomic E-state index is 3.61. The van der Waals surface area contributed by atoms with Crippen LogP contribution in [-0.4, -0.2) is 36.6 Å². The standard InChI is InChI=1S/C17H34N2/c1-4-14-11-12-16(18-3)17(13-14)19(5-2)15-9-7-6-8-10-15/h14-18H,4-13H2,1-3H3. The minimum Gasteiger partial charge on any atom is -0.315 e. The lowest BCUT2D eigenvalue weighted by atomic mass is 9.79. The van der Waals surface area contributed by atoms with Gasteiger partial charge in [-0.1, -0.05) is 39.5 Å². The number of hydrogen-bond acceptors (Lipinski definition) is 2. The molecule has 0 aromatic heterocycles. The summed E-state index contributed by atoms with van der Waals surface area (Å²) in [7, 11) is 2.17. The smallest absolute Gasteiger partial charge is 0.0254 e. The highest BCUT2D eigenvalue weighted by Crippen LogP contribution is 2.33. The molecule has 112 valence electrons. The van der Waals surface area contributed by atoms with Gasteiger partial charge in [0.25, 0.3) is 0 Å². The highest BCUT2D eigenvalue weighted by Gasteiger charge is 2.35. The van der Waals surface area contributed by atoms with E-state index >= 15 is 0 Å². The van der Waals surface area contributed by atoms with Crippen molar-refractivity contribution in [2.45, 2.75) is 89.8 Å². The monoisotopic (exact) mass is 266 g/mol. The van der Waals surface area contributed by atoms with E-state index in [0.29, 0.717) is 0 Å². The van der Waals surface area contributed by atoms with Crippen LogP contribution in [0.25, 0.3) is 0 Å². The van der Waals surface area contributed by atoms with Crippen molar-refractivity contribution in [3.63, 3.8) is 0 Å². The maximum atomic E-state index is 3.61. The Bertz CT molecular complexity index is 248. The quantitative estimate of drug-likeness (QED) is 0.814. The second kappa shape index (κ2) is 7.64. The van der Waals surface area contributed by atoms with Gasteiger partial charge < -0.3 is 5.32 Å². The molecule has 0 aromatic carbocycles. The van der Waals surface area contributed by atoms with E-state index in [9.17, 15) is 0 Å². The predicted octanol–water partition coefficient (Wildman–Crippen LogP) is 3.81. The molecular weight excluding hydrogens is 232 g/mol. The van der Waals surface area contributed by atoms with Gasteiger partial charge in [0.15, 0.2) is 0 Å². The number of nitrogens with zero attached hydrogens (tertiary/aromatic N) is 1. The first kappa shape index (κ1) is 15.3. The third kappa shape index (κ3) is 3.72. The molecule has 2 aliphatic carbocycles. The van der Waals surface area contributed by atoms with Crippen LogP contribution in [0.15, 0.2) is 0 Å². The Labute approximate surface area is 120 Å². The lowest BCUT2D eigenvalue weighted by Crippen LogP contribution is -2.55. The van der Waals surface area contributed by atoms with Crippen LogP contribution in [-0.2, 0) is 0 Å². The Balaban J connectivity index is 2.03. The number of likely N-dealkylation sites (N-methyl/N-ethyl adjacent to an activating group) is 2. The summed E-state index contributed by atoms with van der Waals surface area (Å²) in [4.78, 5) is 2.86. The lowest BCUT2D eigenvalue weighted by molar-refractivity contribution is 0.0500. The van der Waals surface area contributed by atoms with Gasteiger partial charge in [-0.25, -0.2) is 0 Å². The van der Waals surface area contributed by atoms with E-state index in [1.807, 2.05) is 0 Å². The van der Waals surface area contributed by atoms with E-state index in [-0.39, 0.29) is 0 Å². The summed E-state index contributed by atoms with van der Waals surface area (Å²) < 4.78 is 0. The fraction of sp³-hybridized carbons (Fsp3) is 1.00. The van der Waals surface area contributed by atoms with Crippen LogP contribution < -0.4 is 5.32 Å². The molecule has 0 heterocycles. The summed E-state index contributed by atoms with van der Waals surface area (Å²) >= 11 is 0. The molecule has 2 nitrogen and oxygen atoms in total. The molecule has 3 unspecified atom stereocenters. The fourth-order valence-electron chi connectivity index (χ4n) is 4.48. The Kier molecular flexibility index (Phi) is 6.15. The second-order valence-corrected chi connectivity index (χ2v) is 6.67. The van der Waals surface area contributed by atoms with Gasteiger partial charge in [-0.05, 0) is 51.6 Å². The molecular formula is C17H34N2. The summed E-state index contributed by atoms with van der Waals surface area (Å²) in [6.07, 6.45) is 12.9. The largest absolute Gasteiger partial charge is 0.315 e.